The van der Waals surface area contributed by atoms with Gasteiger partial charge in [0.25, 0.3) is 0 Å². The Morgan fingerprint density at radius 2 is 1.57 bits per heavy atom. The van der Waals surface area contributed by atoms with Gasteiger partial charge in [-0.25, -0.2) is 4.79 Å². The summed E-state index contributed by atoms with van der Waals surface area (Å²) in [6.07, 6.45) is 4.25. The third kappa shape index (κ3) is 12.3. The van der Waals surface area contributed by atoms with E-state index >= 15 is 0 Å². The Bertz CT molecular complexity index is 1130. The van der Waals surface area contributed by atoms with Crippen LogP contribution in [0.1, 0.15) is 92.6 Å². The molecule has 46 heavy (non-hydrogen) atoms. The molecule has 1 N–H and O–H groups in total. The lowest BCUT2D eigenvalue weighted by atomic mass is 9.86. The summed E-state index contributed by atoms with van der Waals surface area (Å²) in [7, 11) is 3.28. The highest BCUT2D eigenvalue weighted by Crippen LogP contribution is 2.34. The van der Waals surface area contributed by atoms with Crippen LogP contribution in [0.4, 0.5) is 4.79 Å². The van der Waals surface area contributed by atoms with E-state index in [4.69, 9.17) is 18.9 Å². The first-order valence-electron chi connectivity index (χ1n) is 17.1. The highest BCUT2D eigenvalue weighted by molar-refractivity contribution is 5.84. The van der Waals surface area contributed by atoms with Gasteiger partial charge in [0.2, 0.25) is 11.8 Å². The van der Waals surface area contributed by atoms with Crippen molar-refractivity contribution in [1.82, 2.24) is 15.1 Å². The lowest BCUT2D eigenvalue weighted by Crippen LogP contribution is -2.54. The predicted molar refractivity (Wildman–Crippen MR) is 179 cm³/mol. The topological polar surface area (TPSA) is 107 Å². The number of nitrogens with one attached hydrogen (secondary N) is 1. The van der Waals surface area contributed by atoms with Crippen LogP contribution in [0.2, 0.25) is 0 Å². The van der Waals surface area contributed by atoms with Crippen LogP contribution in [0.15, 0.2) is 18.2 Å². The second-order valence-electron chi connectivity index (χ2n) is 14.9. The van der Waals surface area contributed by atoms with E-state index in [2.05, 4.69) is 33.0 Å². The van der Waals surface area contributed by atoms with Crippen molar-refractivity contribution in [3.05, 3.63) is 23.8 Å². The average molecular weight is 646 g/mol. The number of hydrogen-bond donors (Lipinski definition) is 1. The Morgan fingerprint density at radius 3 is 2.13 bits per heavy atom. The fraction of sp³-hybridized carbons (Fsp3) is 0.750. The van der Waals surface area contributed by atoms with Crippen LogP contribution < -0.4 is 14.8 Å². The van der Waals surface area contributed by atoms with E-state index in [1.54, 1.807) is 19.1 Å². The molecule has 10 nitrogen and oxygen atoms in total. The summed E-state index contributed by atoms with van der Waals surface area (Å²) in [5.74, 6) is 1.02. The van der Waals surface area contributed by atoms with E-state index in [0.29, 0.717) is 49.5 Å². The standard InChI is InChI=1S/C36H59N3O7/c1-24(2)15-29(16-25(3)4)37-33(40)27-19-28(23-38(22-27)35(42)46-36(5,6)7)34(41)39(30-11-12-30)21-26-17-31(44-9)20-32(18-26)45-14-10-13-43-8/h17-18,20,24-25,27-30H,10-16,19,21-23H2,1-9H3,(H,37,40)/t27-,28+/m0/s1. The van der Waals surface area contributed by atoms with Gasteiger partial charge in [0.15, 0.2) is 0 Å². The molecular formula is C36H59N3O7. The van der Waals surface area contributed by atoms with Crippen LogP contribution in [0.25, 0.3) is 0 Å². The number of piperidine rings is 1. The molecule has 1 aromatic rings. The van der Waals surface area contributed by atoms with Gasteiger partial charge >= 0.3 is 6.09 Å². The van der Waals surface area contributed by atoms with Crippen LogP contribution in [0, 0.1) is 23.7 Å². The molecule has 2 fully saturated rings. The molecule has 260 valence electrons. The molecule has 0 unspecified atom stereocenters. The molecule has 1 aromatic carbocycles. The highest BCUT2D eigenvalue weighted by Gasteiger charge is 2.43. The number of likely N-dealkylation sites (tertiary alicyclic amines) is 1. The van der Waals surface area contributed by atoms with Gasteiger partial charge < -0.3 is 34.1 Å². The number of rotatable bonds is 16. The fourth-order valence-electron chi connectivity index (χ4n) is 6.14. The van der Waals surface area contributed by atoms with Crippen LogP contribution in [-0.4, -0.2) is 85.9 Å². The predicted octanol–water partition coefficient (Wildman–Crippen LogP) is 6.05. The van der Waals surface area contributed by atoms with E-state index in [0.717, 1.165) is 37.7 Å². The van der Waals surface area contributed by atoms with Crippen molar-refractivity contribution in [3.8, 4) is 11.5 Å². The van der Waals surface area contributed by atoms with Crippen molar-refractivity contribution in [2.75, 3.05) is 40.5 Å². The Hall–Kier alpha value is -3.01. The van der Waals surface area contributed by atoms with Gasteiger partial charge in [-0.3, -0.25) is 9.59 Å². The maximum Gasteiger partial charge on any atom is 0.410 e. The fourth-order valence-corrected chi connectivity index (χ4v) is 6.14. The third-order valence-electron chi connectivity index (χ3n) is 8.24. The van der Waals surface area contributed by atoms with Gasteiger partial charge in [0.1, 0.15) is 17.1 Å². The maximum atomic E-state index is 14.3. The quantitative estimate of drug-likeness (QED) is 0.218. The monoisotopic (exact) mass is 645 g/mol. The largest absolute Gasteiger partial charge is 0.497 e. The molecule has 1 aliphatic heterocycles. The normalized spacial score (nSPS) is 18.6. The molecule has 0 bridgehead atoms. The molecule has 0 radical (unpaired) electrons. The van der Waals surface area contributed by atoms with E-state index in [1.807, 2.05) is 43.9 Å². The number of amides is 3. The first-order chi connectivity index (χ1) is 21.7. The zero-order chi connectivity index (χ0) is 34.0. The van der Waals surface area contributed by atoms with Crippen LogP contribution in [-0.2, 0) is 25.6 Å². The zero-order valence-corrected chi connectivity index (χ0v) is 29.7. The smallest absolute Gasteiger partial charge is 0.410 e. The second-order valence-corrected chi connectivity index (χ2v) is 14.9. The van der Waals surface area contributed by atoms with Crippen molar-refractivity contribution < 1.29 is 33.3 Å². The van der Waals surface area contributed by atoms with E-state index in [9.17, 15) is 14.4 Å². The zero-order valence-electron chi connectivity index (χ0n) is 29.7. The minimum Gasteiger partial charge on any atom is -0.497 e. The van der Waals surface area contributed by atoms with Crippen molar-refractivity contribution in [2.45, 2.75) is 111 Å². The molecule has 0 aromatic heterocycles. The minimum atomic E-state index is -0.693. The minimum absolute atomic E-state index is 0.0418. The molecule has 1 aliphatic carbocycles. The maximum absolute atomic E-state index is 14.3. The number of ether oxygens (including phenoxy) is 4. The van der Waals surface area contributed by atoms with E-state index in [1.165, 1.54) is 0 Å². The number of carbonyl (C=O) groups excluding carboxylic acids is 3. The molecular weight excluding hydrogens is 586 g/mol. The third-order valence-corrected chi connectivity index (χ3v) is 8.24. The number of benzene rings is 1. The summed E-state index contributed by atoms with van der Waals surface area (Å²) in [5, 5.41) is 3.29. The SMILES string of the molecule is COCCCOc1cc(CN(C(=O)[C@@H]2C[C@H](C(=O)NC(CC(C)C)CC(C)C)CN(C(=O)OC(C)(C)C)C2)C2CC2)cc(OC)c1. The van der Waals surface area contributed by atoms with Gasteiger partial charge in [0, 0.05) is 57.9 Å². The van der Waals surface area contributed by atoms with Crippen molar-refractivity contribution in [1.29, 1.82) is 0 Å². The van der Waals surface area contributed by atoms with Gasteiger partial charge in [-0.15, -0.1) is 0 Å². The first kappa shape index (κ1) is 37.4. The molecule has 3 rings (SSSR count). The molecule has 10 heteroatoms. The Balaban J connectivity index is 1.83. The summed E-state index contributed by atoms with van der Waals surface area (Å²) < 4.78 is 22.4. The second kappa shape index (κ2) is 17.2. The van der Waals surface area contributed by atoms with Crippen molar-refractivity contribution in [2.24, 2.45) is 23.7 Å². The molecule has 2 atom stereocenters. The molecule has 2 aliphatic rings. The number of methoxy groups -OCH3 is 2. The van der Waals surface area contributed by atoms with Crippen LogP contribution >= 0.6 is 0 Å². The van der Waals surface area contributed by atoms with Crippen molar-refractivity contribution in [3.63, 3.8) is 0 Å². The average Bonchev–Trinajstić information content (AvgIpc) is 3.81. The number of hydrogen-bond acceptors (Lipinski definition) is 7. The summed E-state index contributed by atoms with van der Waals surface area (Å²) in [6.45, 7) is 16.0. The van der Waals surface area contributed by atoms with Gasteiger partial charge in [0.05, 0.1) is 25.6 Å². The summed E-state index contributed by atoms with van der Waals surface area (Å²) in [4.78, 5) is 44.9. The first-order valence-corrected chi connectivity index (χ1v) is 17.1. The van der Waals surface area contributed by atoms with Gasteiger partial charge in [-0.1, -0.05) is 27.7 Å². The molecule has 1 saturated carbocycles. The van der Waals surface area contributed by atoms with Crippen LogP contribution in [0.5, 0.6) is 11.5 Å². The summed E-state index contributed by atoms with van der Waals surface area (Å²) in [6, 6.07) is 5.88. The molecule has 3 amide bonds. The van der Waals surface area contributed by atoms with E-state index in [-0.39, 0.29) is 37.0 Å². The van der Waals surface area contributed by atoms with Crippen LogP contribution in [0.3, 0.4) is 0 Å². The Kier molecular flexibility index (Phi) is 14.0. The lowest BCUT2D eigenvalue weighted by molar-refractivity contribution is -0.140. The molecule has 0 spiro atoms. The van der Waals surface area contributed by atoms with Gasteiger partial charge in [-0.2, -0.15) is 0 Å². The molecule has 1 heterocycles. The Morgan fingerprint density at radius 1 is 0.935 bits per heavy atom. The Labute approximate surface area is 276 Å². The number of nitrogens with zero attached hydrogens (tertiary/aromatic N) is 2. The highest BCUT2D eigenvalue weighted by atomic mass is 16.6. The summed E-state index contributed by atoms with van der Waals surface area (Å²) in [5.41, 5.74) is 0.210. The molecule has 1 saturated heterocycles. The number of carbonyl (C=O) groups is 3. The van der Waals surface area contributed by atoms with Crippen molar-refractivity contribution >= 4 is 17.9 Å². The lowest BCUT2D eigenvalue weighted by Gasteiger charge is -2.39. The van der Waals surface area contributed by atoms with E-state index < -0.39 is 23.5 Å². The summed E-state index contributed by atoms with van der Waals surface area (Å²) >= 11 is 0. The van der Waals surface area contributed by atoms with Gasteiger partial charge in [-0.05, 0) is 82.4 Å².